The molecule has 2 aromatic carbocycles. The average molecular weight is 495 g/mol. The van der Waals surface area contributed by atoms with Crippen molar-refractivity contribution in [2.24, 2.45) is 0 Å². The Kier molecular flexibility index (Phi) is 6.04. The monoisotopic (exact) mass is 493 g/mol. The highest BCUT2D eigenvalue weighted by atomic mass is 79.9. The number of anilines is 1. The van der Waals surface area contributed by atoms with Gasteiger partial charge >= 0.3 is 0 Å². The molecular formula is C20H17Br2NO4. The predicted octanol–water partition coefficient (Wildman–Crippen LogP) is 5.53. The molecule has 0 bridgehead atoms. The van der Waals surface area contributed by atoms with Crippen LogP contribution in [0.25, 0.3) is 11.3 Å². The maximum Gasteiger partial charge on any atom is 0.259 e. The Hall–Kier alpha value is -2.09. The Balaban J connectivity index is 1.86. The fraction of sp³-hybridized carbons (Fsp3) is 0.150. The minimum Gasteiger partial charge on any atom is -0.495 e. The van der Waals surface area contributed by atoms with Gasteiger partial charge in [0, 0.05) is 15.7 Å². The number of hydrogen-bond acceptors (Lipinski definition) is 4. The summed E-state index contributed by atoms with van der Waals surface area (Å²) in [4.78, 5) is 12.7. The first kappa shape index (κ1) is 19.7. The Labute approximate surface area is 173 Å². The minimum absolute atomic E-state index is 0.142. The van der Waals surface area contributed by atoms with Gasteiger partial charge in [-0.3, -0.25) is 4.79 Å². The van der Waals surface area contributed by atoms with E-state index in [2.05, 4.69) is 37.2 Å². The van der Waals surface area contributed by atoms with Crippen molar-refractivity contribution in [3.05, 3.63) is 68.3 Å². The molecule has 0 unspecified atom stereocenters. The SMILES string of the molecule is COc1c(Br)cc(Br)cc1C(=O)Nc1ccc(-c2ccc(CO)o2)c(C)c1. The first-order chi connectivity index (χ1) is 12.9. The van der Waals surface area contributed by atoms with Crippen LogP contribution in [0.15, 0.2) is 55.8 Å². The van der Waals surface area contributed by atoms with Gasteiger partial charge in [-0.05, 0) is 70.9 Å². The van der Waals surface area contributed by atoms with Crippen molar-refractivity contribution < 1.29 is 19.1 Å². The van der Waals surface area contributed by atoms with Gasteiger partial charge < -0.3 is 19.6 Å². The number of carbonyl (C=O) groups excluding carboxylic acids is 1. The minimum atomic E-state index is -0.276. The molecule has 1 aromatic heterocycles. The second-order valence-corrected chi connectivity index (χ2v) is 7.65. The lowest BCUT2D eigenvalue weighted by molar-refractivity contribution is 0.102. The highest BCUT2D eigenvalue weighted by molar-refractivity contribution is 9.11. The van der Waals surface area contributed by atoms with E-state index in [1.807, 2.05) is 31.2 Å². The molecule has 0 fully saturated rings. The van der Waals surface area contributed by atoms with E-state index in [-0.39, 0.29) is 12.5 Å². The predicted molar refractivity (Wildman–Crippen MR) is 111 cm³/mol. The number of rotatable bonds is 5. The molecule has 27 heavy (non-hydrogen) atoms. The lowest BCUT2D eigenvalue weighted by Gasteiger charge is -2.13. The Morgan fingerprint density at radius 3 is 2.59 bits per heavy atom. The smallest absolute Gasteiger partial charge is 0.259 e. The fourth-order valence-corrected chi connectivity index (χ4v) is 4.15. The van der Waals surface area contributed by atoms with E-state index in [1.54, 1.807) is 18.2 Å². The van der Waals surface area contributed by atoms with E-state index in [0.717, 1.165) is 15.6 Å². The molecule has 1 amide bonds. The molecular weight excluding hydrogens is 478 g/mol. The molecule has 0 aliphatic rings. The summed E-state index contributed by atoms with van der Waals surface area (Å²) < 4.78 is 12.4. The lowest BCUT2D eigenvalue weighted by Crippen LogP contribution is -2.13. The van der Waals surface area contributed by atoms with Crippen molar-refractivity contribution in [3.63, 3.8) is 0 Å². The Morgan fingerprint density at radius 2 is 1.96 bits per heavy atom. The molecule has 7 heteroatoms. The summed E-state index contributed by atoms with van der Waals surface area (Å²) in [5, 5.41) is 12.0. The van der Waals surface area contributed by atoms with Gasteiger partial charge in [0.1, 0.15) is 23.9 Å². The number of halogens is 2. The van der Waals surface area contributed by atoms with Crippen molar-refractivity contribution in [2.45, 2.75) is 13.5 Å². The van der Waals surface area contributed by atoms with Crippen molar-refractivity contribution in [1.82, 2.24) is 0 Å². The Morgan fingerprint density at radius 1 is 1.19 bits per heavy atom. The molecule has 2 N–H and O–H groups in total. The van der Waals surface area contributed by atoms with Crippen LogP contribution in [0.4, 0.5) is 5.69 Å². The standard InChI is InChI=1S/C20H17Br2NO4/c1-11-7-13(3-5-15(11)18-6-4-14(10-24)27-18)23-20(25)16-8-12(21)9-17(22)19(16)26-2/h3-9,24H,10H2,1-2H3,(H,23,25). The number of aliphatic hydroxyl groups is 1. The van der Waals surface area contributed by atoms with Gasteiger partial charge in [-0.25, -0.2) is 0 Å². The number of aliphatic hydroxyl groups excluding tert-OH is 1. The maximum absolute atomic E-state index is 12.7. The molecule has 1 heterocycles. The molecule has 0 atom stereocenters. The number of ether oxygens (including phenoxy) is 1. The van der Waals surface area contributed by atoms with Gasteiger partial charge in [0.2, 0.25) is 0 Å². The third-order valence-corrected chi connectivity index (χ3v) is 5.07. The van der Waals surface area contributed by atoms with E-state index >= 15 is 0 Å². The van der Waals surface area contributed by atoms with Gasteiger partial charge in [-0.15, -0.1) is 0 Å². The van der Waals surface area contributed by atoms with E-state index in [9.17, 15) is 4.79 Å². The highest BCUT2D eigenvalue weighted by Crippen LogP contribution is 2.33. The summed E-state index contributed by atoms with van der Waals surface area (Å²) in [5.74, 6) is 1.37. The molecule has 0 aliphatic heterocycles. The van der Waals surface area contributed by atoms with Crippen molar-refractivity contribution in [2.75, 3.05) is 12.4 Å². The number of nitrogens with one attached hydrogen (secondary N) is 1. The van der Waals surface area contributed by atoms with E-state index in [1.165, 1.54) is 7.11 Å². The second kappa shape index (κ2) is 8.29. The molecule has 0 radical (unpaired) electrons. The zero-order valence-electron chi connectivity index (χ0n) is 14.7. The van der Waals surface area contributed by atoms with Crippen LogP contribution in [0.1, 0.15) is 21.7 Å². The first-order valence-electron chi connectivity index (χ1n) is 8.08. The number of aryl methyl sites for hydroxylation is 1. The summed E-state index contributed by atoms with van der Waals surface area (Å²) in [6, 6.07) is 12.6. The summed E-state index contributed by atoms with van der Waals surface area (Å²) in [5.41, 5.74) is 2.91. The van der Waals surface area contributed by atoms with Gasteiger partial charge in [0.05, 0.1) is 17.1 Å². The topological polar surface area (TPSA) is 71.7 Å². The largest absolute Gasteiger partial charge is 0.495 e. The number of methoxy groups -OCH3 is 1. The fourth-order valence-electron chi connectivity index (χ4n) is 2.76. The number of furan rings is 1. The van der Waals surface area contributed by atoms with Crippen LogP contribution in [0.2, 0.25) is 0 Å². The zero-order chi connectivity index (χ0) is 19.6. The highest BCUT2D eigenvalue weighted by Gasteiger charge is 2.17. The summed E-state index contributed by atoms with van der Waals surface area (Å²) >= 11 is 6.79. The Bertz CT molecular complexity index is 998. The molecule has 0 saturated carbocycles. The normalized spacial score (nSPS) is 10.7. The van der Waals surface area contributed by atoms with E-state index in [4.69, 9.17) is 14.3 Å². The average Bonchev–Trinajstić information content (AvgIpc) is 3.10. The van der Waals surface area contributed by atoms with E-state index in [0.29, 0.717) is 33.0 Å². The second-order valence-electron chi connectivity index (χ2n) is 5.88. The first-order valence-corrected chi connectivity index (χ1v) is 9.66. The third-order valence-electron chi connectivity index (χ3n) is 4.02. The zero-order valence-corrected chi connectivity index (χ0v) is 17.8. The summed E-state index contributed by atoms with van der Waals surface area (Å²) in [6.07, 6.45) is 0. The molecule has 5 nitrogen and oxygen atoms in total. The lowest BCUT2D eigenvalue weighted by atomic mass is 10.1. The third kappa shape index (κ3) is 4.26. The quantitative estimate of drug-likeness (QED) is 0.489. The summed E-state index contributed by atoms with van der Waals surface area (Å²) in [6.45, 7) is 1.79. The van der Waals surface area contributed by atoms with Crippen LogP contribution in [-0.4, -0.2) is 18.1 Å². The summed E-state index contributed by atoms with van der Waals surface area (Å²) in [7, 11) is 1.52. The van der Waals surface area contributed by atoms with Crippen LogP contribution < -0.4 is 10.1 Å². The van der Waals surface area contributed by atoms with Gasteiger partial charge in [-0.1, -0.05) is 15.9 Å². The van der Waals surface area contributed by atoms with Crippen LogP contribution in [-0.2, 0) is 6.61 Å². The van der Waals surface area contributed by atoms with Crippen LogP contribution >= 0.6 is 31.9 Å². The molecule has 0 spiro atoms. The number of hydrogen-bond donors (Lipinski definition) is 2. The molecule has 0 saturated heterocycles. The van der Waals surface area contributed by atoms with Crippen molar-refractivity contribution >= 4 is 43.5 Å². The molecule has 140 valence electrons. The molecule has 0 aliphatic carbocycles. The van der Waals surface area contributed by atoms with Crippen LogP contribution in [0, 0.1) is 6.92 Å². The van der Waals surface area contributed by atoms with Crippen LogP contribution in [0.3, 0.4) is 0 Å². The van der Waals surface area contributed by atoms with Gasteiger partial charge in [0.25, 0.3) is 5.91 Å². The number of amides is 1. The number of carbonyl (C=O) groups is 1. The van der Waals surface area contributed by atoms with E-state index < -0.39 is 0 Å². The molecule has 3 rings (SSSR count). The van der Waals surface area contributed by atoms with Crippen molar-refractivity contribution in [3.8, 4) is 17.1 Å². The molecule has 3 aromatic rings. The van der Waals surface area contributed by atoms with Crippen LogP contribution in [0.5, 0.6) is 5.75 Å². The van der Waals surface area contributed by atoms with Gasteiger partial charge in [-0.2, -0.15) is 0 Å². The number of benzene rings is 2. The van der Waals surface area contributed by atoms with Crippen molar-refractivity contribution in [1.29, 1.82) is 0 Å². The maximum atomic E-state index is 12.7. The van der Waals surface area contributed by atoms with Gasteiger partial charge in [0.15, 0.2) is 0 Å².